The first-order valence-corrected chi connectivity index (χ1v) is 13.1. The van der Waals surface area contributed by atoms with Crippen LogP contribution in [-0.4, -0.2) is 46.5 Å². The third kappa shape index (κ3) is 5.95. The highest BCUT2D eigenvalue weighted by Gasteiger charge is 2.25. The number of amides is 1. The molecule has 1 aliphatic rings. The summed E-state index contributed by atoms with van der Waals surface area (Å²) in [6, 6.07) is 21.1. The fourth-order valence-corrected chi connectivity index (χ4v) is 5.46. The molecule has 1 saturated heterocycles. The number of sulfonamides is 1. The van der Waals surface area contributed by atoms with Crippen molar-refractivity contribution in [3.8, 4) is 11.5 Å². The van der Waals surface area contributed by atoms with Crippen LogP contribution in [0.1, 0.15) is 28.8 Å². The number of rotatable bonds is 8. The van der Waals surface area contributed by atoms with Crippen molar-refractivity contribution in [2.45, 2.75) is 24.2 Å². The predicted molar refractivity (Wildman–Crippen MR) is 136 cm³/mol. The molecule has 4 rings (SSSR count). The second kappa shape index (κ2) is 10.8. The lowest BCUT2D eigenvalue weighted by molar-refractivity contribution is 0.0690. The molecule has 0 atom stereocenters. The highest BCUT2D eigenvalue weighted by Crippen LogP contribution is 2.27. The number of anilines is 1. The maximum atomic E-state index is 13.1. The van der Waals surface area contributed by atoms with E-state index < -0.39 is 10.0 Å². The standard InChI is InChI=1S/C27H30N2O5S/c1-33-23-12-10-20(11-13-23)18-21-14-16-29(17-15-21)27(30)22-6-5-7-24(19-22)35(31,32)28-25-8-3-4-9-26(25)34-2/h3-13,19,21,28H,14-18H2,1-2H3. The van der Waals surface area contributed by atoms with E-state index >= 15 is 0 Å². The van der Waals surface area contributed by atoms with Crippen LogP contribution in [0.2, 0.25) is 0 Å². The van der Waals surface area contributed by atoms with Crippen molar-refractivity contribution in [2.24, 2.45) is 5.92 Å². The van der Waals surface area contributed by atoms with Crippen LogP contribution >= 0.6 is 0 Å². The number of hydrogen-bond acceptors (Lipinski definition) is 5. The smallest absolute Gasteiger partial charge is 0.262 e. The van der Waals surface area contributed by atoms with Crippen molar-refractivity contribution in [1.82, 2.24) is 4.90 Å². The number of piperidine rings is 1. The van der Waals surface area contributed by atoms with Gasteiger partial charge >= 0.3 is 0 Å². The molecule has 1 amide bonds. The fourth-order valence-electron chi connectivity index (χ4n) is 4.35. The molecular weight excluding hydrogens is 464 g/mol. The maximum absolute atomic E-state index is 13.1. The number of nitrogens with one attached hydrogen (secondary N) is 1. The number of hydrogen-bond donors (Lipinski definition) is 1. The van der Waals surface area contributed by atoms with Gasteiger partial charge in [-0.1, -0.05) is 30.3 Å². The molecule has 0 unspecified atom stereocenters. The zero-order valence-corrected chi connectivity index (χ0v) is 20.8. The number of methoxy groups -OCH3 is 2. The Hall–Kier alpha value is -3.52. The van der Waals surface area contributed by atoms with Gasteiger partial charge in [0.15, 0.2) is 0 Å². The molecule has 3 aromatic rings. The molecule has 0 radical (unpaired) electrons. The van der Waals surface area contributed by atoms with E-state index in [1.807, 2.05) is 17.0 Å². The minimum absolute atomic E-state index is 0.0312. The summed E-state index contributed by atoms with van der Waals surface area (Å²) in [7, 11) is -0.755. The van der Waals surface area contributed by atoms with Crippen LogP contribution in [0.5, 0.6) is 11.5 Å². The largest absolute Gasteiger partial charge is 0.497 e. The Bertz CT molecular complexity index is 1270. The molecule has 0 spiro atoms. The first kappa shape index (κ1) is 24.6. The number of nitrogens with zero attached hydrogens (tertiary/aromatic N) is 1. The van der Waals surface area contributed by atoms with Gasteiger partial charge in [0.1, 0.15) is 11.5 Å². The summed E-state index contributed by atoms with van der Waals surface area (Å²) < 4.78 is 39.0. The average Bonchev–Trinajstić information content (AvgIpc) is 2.89. The first-order valence-electron chi connectivity index (χ1n) is 11.6. The number of ether oxygens (including phenoxy) is 2. The molecule has 1 heterocycles. The monoisotopic (exact) mass is 494 g/mol. The molecule has 0 aromatic heterocycles. The van der Waals surface area contributed by atoms with Crippen LogP contribution in [0.4, 0.5) is 5.69 Å². The molecule has 0 bridgehead atoms. The molecule has 3 aromatic carbocycles. The Kier molecular flexibility index (Phi) is 7.60. The summed E-state index contributed by atoms with van der Waals surface area (Å²) >= 11 is 0. The van der Waals surface area contributed by atoms with E-state index in [2.05, 4.69) is 16.9 Å². The van der Waals surface area contributed by atoms with Gasteiger partial charge in [0.2, 0.25) is 0 Å². The Morgan fingerprint density at radius 1 is 0.943 bits per heavy atom. The van der Waals surface area contributed by atoms with Crippen LogP contribution in [0.25, 0.3) is 0 Å². The van der Waals surface area contributed by atoms with E-state index in [1.54, 1.807) is 43.5 Å². The van der Waals surface area contributed by atoms with Gasteiger partial charge in [0.25, 0.3) is 15.9 Å². The average molecular weight is 495 g/mol. The molecule has 8 heteroatoms. The molecule has 7 nitrogen and oxygen atoms in total. The maximum Gasteiger partial charge on any atom is 0.262 e. The molecule has 1 N–H and O–H groups in total. The Morgan fingerprint density at radius 3 is 2.34 bits per heavy atom. The predicted octanol–water partition coefficient (Wildman–Crippen LogP) is 4.60. The van der Waals surface area contributed by atoms with E-state index in [0.717, 1.165) is 25.0 Å². The number of carbonyl (C=O) groups is 1. The van der Waals surface area contributed by atoms with Gasteiger partial charge in [0, 0.05) is 18.7 Å². The van der Waals surface area contributed by atoms with Crippen molar-refractivity contribution in [3.05, 3.63) is 83.9 Å². The van der Waals surface area contributed by atoms with Gasteiger partial charge in [-0.25, -0.2) is 8.42 Å². The van der Waals surface area contributed by atoms with E-state index in [4.69, 9.17) is 9.47 Å². The van der Waals surface area contributed by atoms with Gasteiger partial charge < -0.3 is 14.4 Å². The number of carbonyl (C=O) groups excluding carboxylic acids is 1. The summed E-state index contributed by atoms with van der Waals surface area (Å²) in [5.74, 6) is 1.61. The molecule has 1 fully saturated rings. The Balaban J connectivity index is 1.39. The van der Waals surface area contributed by atoms with Gasteiger partial charge in [-0.3, -0.25) is 9.52 Å². The normalized spacial score (nSPS) is 14.4. The van der Waals surface area contributed by atoms with E-state index in [1.165, 1.54) is 24.8 Å². The second-order valence-corrected chi connectivity index (χ2v) is 10.3. The minimum atomic E-state index is -3.89. The van der Waals surface area contributed by atoms with Crippen LogP contribution in [-0.2, 0) is 16.4 Å². The van der Waals surface area contributed by atoms with E-state index in [0.29, 0.717) is 36.0 Å². The van der Waals surface area contributed by atoms with Crippen LogP contribution in [0, 0.1) is 5.92 Å². The summed E-state index contributed by atoms with van der Waals surface area (Å²) in [5.41, 5.74) is 1.96. The number of benzene rings is 3. The number of para-hydroxylation sites is 2. The zero-order valence-electron chi connectivity index (χ0n) is 19.9. The lowest BCUT2D eigenvalue weighted by atomic mass is 9.90. The summed E-state index contributed by atoms with van der Waals surface area (Å²) in [5, 5.41) is 0. The highest BCUT2D eigenvalue weighted by molar-refractivity contribution is 7.92. The van der Waals surface area contributed by atoms with Crippen LogP contribution < -0.4 is 14.2 Å². The molecule has 35 heavy (non-hydrogen) atoms. The highest BCUT2D eigenvalue weighted by atomic mass is 32.2. The zero-order chi connectivity index (χ0) is 24.8. The topological polar surface area (TPSA) is 84.9 Å². The van der Waals surface area contributed by atoms with Crippen molar-refractivity contribution in [3.63, 3.8) is 0 Å². The SMILES string of the molecule is COc1ccc(CC2CCN(C(=O)c3cccc(S(=O)(=O)Nc4ccccc4OC)c3)CC2)cc1. The fraction of sp³-hybridized carbons (Fsp3) is 0.296. The first-order chi connectivity index (χ1) is 16.9. The van der Waals surface area contributed by atoms with Crippen LogP contribution in [0.15, 0.2) is 77.7 Å². The molecule has 0 saturated carbocycles. The van der Waals surface area contributed by atoms with E-state index in [9.17, 15) is 13.2 Å². The third-order valence-electron chi connectivity index (χ3n) is 6.33. The number of likely N-dealkylation sites (tertiary alicyclic amines) is 1. The van der Waals surface area contributed by atoms with Crippen molar-refractivity contribution in [2.75, 3.05) is 32.0 Å². The molecule has 0 aliphatic carbocycles. The van der Waals surface area contributed by atoms with E-state index in [-0.39, 0.29) is 10.8 Å². The summed E-state index contributed by atoms with van der Waals surface area (Å²) in [6.07, 6.45) is 2.78. The third-order valence-corrected chi connectivity index (χ3v) is 7.69. The lowest BCUT2D eigenvalue weighted by Crippen LogP contribution is -2.39. The van der Waals surface area contributed by atoms with Crippen molar-refractivity contribution >= 4 is 21.6 Å². The van der Waals surface area contributed by atoms with Gasteiger partial charge in [-0.05, 0) is 73.2 Å². The lowest BCUT2D eigenvalue weighted by Gasteiger charge is -2.32. The van der Waals surface area contributed by atoms with Crippen LogP contribution in [0.3, 0.4) is 0 Å². The molecule has 1 aliphatic heterocycles. The van der Waals surface area contributed by atoms with Gasteiger partial charge in [-0.2, -0.15) is 0 Å². The summed E-state index contributed by atoms with van der Waals surface area (Å²) in [6.45, 7) is 1.30. The van der Waals surface area contributed by atoms with Crippen molar-refractivity contribution < 1.29 is 22.7 Å². The molecular formula is C27H30N2O5S. The Labute approximate surface area is 206 Å². The minimum Gasteiger partial charge on any atom is -0.497 e. The Morgan fingerprint density at radius 2 is 1.66 bits per heavy atom. The molecule has 184 valence electrons. The van der Waals surface area contributed by atoms with Gasteiger partial charge in [-0.15, -0.1) is 0 Å². The quantitative estimate of drug-likeness (QED) is 0.495. The summed E-state index contributed by atoms with van der Waals surface area (Å²) in [4.78, 5) is 15.0. The van der Waals surface area contributed by atoms with Gasteiger partial charge in [0.05, 0.1) is 24.8 Å². The van der Waals surface area contributed by atoms with Crippen molar-refractivity contribution in [1.29, 1.82) is 0 Å². The second-order valence-electron chi connectivity index (χ2n) is 8.62.